The second kappa shape index (κ2) is 6.74. The zero-order valence-electron chi connectivity index (χ0n) is 12.2. The van der Waals surface area contributed by atoms with E-state index in [1.165, 1.54) is 0 Å². The lowest BCUT2D eigenvalue weighted by Gasteiger charge is -2.35. The van der Waals surface area contributed by atoms with Crippen LogP contribution in [-0.4, -0.2) is 38.7 Å². The lowest BCUT2D eigenvalue weighted by molar-refractivity contribution is 0.125. The highest BCUT2D eigenvalue weighted by molar-refractivity contribution is 7.89. The fraction of sp³-hybridized carbons (Fsp3) is 0.714. The van der Waals surface area contributed by atoms with Gasteiger partial charge in [-0.2, -0.15) is 0 Å². The number of rotatable bonds is 6. The quantitative estimate of drug-likeness (QED) is 0.873. The van der Waals surface area contributed by atoms with Crippen molar-refractivity contribution in [3.05, 3.63) is 24.2 Å². The van der Waals surface area contributed by atoms with E-state index < -0.39 is 10.0 Å². The Kier molecular flexibility index (Phi) is 5.23. The fourth-order valence-electron chi connectivity index (χ4n) is 2.54. The van der Waals surface area contributed by atoms with Crippen molar-refractivity contribution in [1.29, 1.82) is 0 Å². The summed E-state index contributed by atoms with van der Waals surface area (Å²) in [6.45, 7) is 6.25. The zero-order valence-corrected chi connectivity index (χ0v) is 13.0. The molecule has 0 aromatic carbocycles. The van der Waals surface area contributed by atoms with Crippen LogP contribution in [0.3, 0.4) is 0 Å². The van der Waals surface area contributed by atoms with Gasteiger partial charge in [0.05, 0.1) is 18.1 Å². The number of hydrogen-bond donors (Lipinski definition) is 1. The molecule has 0 bridgehead atoms. The molecule has 6 heteroatoms. The van der Waals surface area contributed by atoms with E-state index >= 15 is 0 Å². The smallest absolute Gasteiger partial charge is 0.211 e. The average molecular weight is 300 g/mol. The number of nitrogens with one attached hydrogen (secondary N) is 1. The van der Waals surface area contributed by atoms with Crippen LogP contribution in [0.25, 0.3) is 0 Å². The molecule has 0 spiro atoms. The summed E-state index contributed by atoms with van der Waals surface area (Å²) in [7, 11) is -3.17. The van der Waals surface area contributed by atoms with Gasteiger partial charge in [0.2, 0.25) is 10.0 Å². The van der Waals surface area contributed by atoms with Crippen molar-refractivity contribution in [3.8, 4) is 0 Å². The molecule has 1 N–H and O–H groups in total. The van der Waals surface area contributed by atoms with Gasteiger partial charge in [0.1, 0.15) is 5.76 Å². The molecule has 1 aromatic rings. The van der Waals surface area contributed by atoms with Gasteiger partial charge in [-0.3, -0.25) is 4.90 Å². The van der Waals surface area contributed by atoms with Gasteiger partial charge in [-0.1, -0.05) is 6.92 Å². The van der Waals surface area contributed by atoms with Crippen LogP contribution in [0.5, 0.6) is 0 Å². The van der Waals surface area contributed by atoms with Gasteiger partial charge in [0.15, 0.2) is 0 Å². The molecule has 5 nitrogen and oxygen atoms in total. The van der Waals surface area contributed by atoms with Gasteiger partial charge in [-0.05, 0) is 50.9 Å². The molecule has 20 heavy (non-hydrogen) atoms. The van der Waals surface area contributed by atoms with Crippen LogP contribution >= 0.6 is 0 Å². The first kappa shape index (κ1) is 15.5. The molecule has 0 aliphatic carbocycles. The molecule has 1 fully saturated rings. The molecule has 2 rings (SSSR count). The number of furan rings is 1. The van der Waals surface area contributed by atoms with Crippen LogP contribution in [0.4, 0.5) is 0 Å². The summed E-state index contributed by atoms with van der Waals surface area (Å²) in [5.41, 5.74) is 0. The summed E-state index contributed by atoms with van der Waals surface area (Å²) < 4.78 is 31.5. The summed E-state index contributed by atoms with van der Waals surface area (Å²) in [6, 6.07) is 3.76. The van der Waals surface area contributed by atoms with E-state index in [1.54, 1.807) is 13.2 Å². The maximum atomic E-state index is 11.6. The second-order valence-electron chi connectivity index (χ2n) is 5.50. The lowest BCUT2D eigenvalue weighted by atomic mass is 9.97. The molecular formula is C14H24N2O3S. The molecule has 1 aliphatic heterocycles. The maximum absolute atomic E-state index is 11.6. The van der Waals surface area contributed by atoms with Gasteiger partial charge in [-0.25, -0.2) is 13.1 Å². The highest BCUT2D eigenvalue weighted by atomic mass is 32.2. The van der Waals surface area contributed by atoms with Crippen LogP contribution in [0, 0.1) is 5.92 Å². The molecule has 0 saturated carbocycles. The van der Waals surface area contributed by atoms with E-state index in [0.29, 0.717) is 6.54 Å². The zero-order chi connectivity index (χ0) is 14.6. The molecule has 1 aromatic heterocycles. The number of hydrogen-bond acceptors (Lipinski definition) is 4. The number of sulfonamides is 1. The normalized spacial score (nSPS) is 20.1. The van der Waals surface area contributed by atoms with Gasteiger partial charge in [0, 0.05) is 6.54 Å². The molecule has 0 amide bonds. The van der Waals surface area contributed by atoms with E-state index in [1.807, 2.05) is 12.1 Å². The molecular weight excluding hydrogens is 276 g/mol. The summed E-state index contributed by atoms with van der Waals surface area (Å²) in [5.74, 6) is 1.68. The van der Waals surface area contributed by atoms with Crippen molar-refractivity contribution >= 4 is 10.0 Å². The molecule has 1 aliphatic rings. The first-order valence-corrected chi connectivity index (χ1v) is 8.92. The molecule has 2 heterocycles. The minimum atomic E-state index is -3.17. The van der Waals surface area contributed by atoms with Crippen molar-refractivity contribution in [3.63, 3.8) is 0 Å². The van der Waals surface area contributed by atoms with E-state index in [2.05, 4.69) is 16.5 Å². The van der Waals surface area contributed by atoms with Gasteiger partial charge in [-0.15, -0.1) is 0 Å². The minimum absolute atomic E-state index is 0.0150. The van der Waals surface area contributed by atoms with Crippen molar-refractivity contribution in [2.24, 2.45) is 5.92 Å². The highest BCUT2D eigenvalue weighted by Gasteiger charge is 2.27. The van der Waals surface area contributed by atoms with Gasteiger partial charge in [0.25, 0.3) is 0 Å². The largest absolute Gasteiger partial charge is 0.468 e. The number of piperidine rings is 1. The maximum Gasteiger partial charge on any atom is 0.211 e. The Labute approximate surface area is 121 Å². The topological polar surface area (TPSA) is 62.6 Å². The Morgan fingerprint density at radius 2 is 2.15 bits per heavy atom. The van der Waals surface area contributed by atoms with E-state index in [4.69, 9.17) is 4.42 Å². The molecule has 114 valence electrons. The van der Waals surface area contributed by atoms with Crippen molar-refractivity contribution < 1.29 is 12.8 Å². The van der Waals surface area contributed by atoms with E-state index in [-0.39, 0.29) is 11.8 Å². The van der Waals surface area contributed by atoms with Crippen molar-refractivity contribution in [1.82, 2.24) is 9.62 Å². The van der Waals surface area contributed by atoms with Gasteiger partial charge < -0.3 is 4.42 Å². The Morgan fingerprint density at radius 3 is 2.70 bits per heavy atom. The SMILES string of the molecule is CCS(=O)(=O)NCC(c1ccco1)N1CCC(C)CC1. The fourth-order valence-corrected chi connectivity index (χ4v) is 3.15. The van der Waals surface area contributed by atoms with Crippen LogP contribution < -0.4 is 4.72 Å². The Bertz CT molecular complexity index is 490. The number of likely N-dealkylation sites (tertiary alicyclic amines) is 1. The molecule has 0 radical (unpaired) electrons. The first-order chi connectivity index (χ1) is 9.52. The predicted octanol–water partition coefficient (Wildman–Crippen LogP) is 1.99. The van der Waals surface area contributed by atoms with Gasteiger partial charge >= 0.3 is 0 Å². The Balaban J connectivity index is 2.06. The first-order valence-electron chi connectivity index (χ1n) is 7.26. The molecule has 1 saturated heterocycles. The second-order valence-corrected chi connectivity index (χ2v) is 7.60. The highest BCUT2D eigenvalue weighted by Crippen LogP contribution is 2.26. The summed E-state index contributed by atoms with van der Waals surface area (Å²) in [6.07, 6.45) is 3.94. The standard InChI is InChI=1S/C14H24N2O3S/c1-3-20(17,18)15-11-13(14-5-4-10-19-14)16-8-6-12(2)7-9-16/h4-5,10,12-13,15H,3,6-9,11H2,1-2H3. The van der Waals surface area contributed by atoms with E-state index in [9.17, 15) is 8.42 Å². The third-order valence-electron chi connectivity index (χ3n) is 4.01. The number of nitrogens with zero attached hydrogens (tertiary/aromatic N) is 1. The van der Waals surface area contributed by atoms with Crippen LogP contribution in [0.15, 0.2) is 22.8 Å². The molecule has 1 atom stereocenters. The van der Waals surface area contributed by atoms with Crippen molar-refractivity contribution in [2.75, 3.05) is 25.4 Å². The summed E-state index contributed by atoms with van der Waals surface area (Å²) in [4.78, 5) is 2.32. The van der Waals surface area contributed by atoms with Crippen LogP contribution in [0.1, 0.15) is 38.5 Å². The summed E-state index contributed by atoms with van der Waals surface area (Å²) in [5, 5.41) is 0. The van der Waals surface area contributed by atoms with Crippen LogP contribution in [-0.2, 0) is 10.0 Å². The van der Waals surface area contributed by atoms with E-state index in [0.717, 1.165) is 37.6 Å². The monoisotopic (exact) mass is 300 g/mol. The van der Waals surface area contributed by atoms with Crippen molar-refractivity contribution in [2.45, 2.75) is 32.7 Å². The Hall–Kier alpha value is -0.850. The molecule has 1 unspecified atom stereocenters. The average Bonchev–Trinajstić information content (AvgIpc) is 2.95. The predicted molar refractivity (Wildman–Crippen MR) is 78.9 cm³/mol. The Morgan fingerprint density at radius 1 is 1.45 bits per heavy atom. The summed E-state index contributed by atoms with van der Waals surface area (Å²) >= 11 is 0. The van der Waals surface area contributed by atoms with Crippen LogP contribution in [0.2, 0.25) is 0 Å². The third-order valence-corrected chi connectivity index (χ3v) is 5.37. The third kappa shape index (κ3) is 4.07. The lowest BCUT2D eigenvalue weighted by Crippen LogP contribution is -2.42. The minimum Gasteiger partial charge on any atom is -0.468 e.